The predicted octanol–water partition coefficient (Wildman–Crippen LogP) is 2.24. The van der Waals surface area contributed by atoms with Crippen LogP contribution >= 0.6 is 11.6 Å². The summed E-state index contributed by atoms with van der Waals surface area (Å²) in [6.45, 7) is 4.50. The van der Waals surface area contributed by atoms with Gasteiger partial charge in [0.2, 0.25) is 5.91 Å². The van der Waals surface area contributed by atoms with E-state index in [1.54, 1.807) is 6.07 Å². The molecule has 2 unspecified atom stereocenters. The number of fused-ring (bicyclic) bond motifs is 1. The summed E-state index contributed by atoms with van der Waals surface area (Å²) in [7, 11) is 0. The highest BCUT2D eigenvalue weighted by atomic mass is 35.5. The topological polar surface area (TPSA) is 64.8 Å². The molecule has 0 aromatic heterocycles. The van der Waals surface area contributed by atoms with Crippen LogP contribution < -0.4 is 15.2 Å². The molecule has 5 nitrogen and oxygen atoms in total. The van der Waals surface area contributed by atoms with E-state index < -0.39 is 0 Å². The average Bonchev–Trinajstić information content (AvgIpc) is 2.54. The summed E-state index contributed by atoms with van der Waals surface area (Å²) in [6, 6.07) is 3.78. The largest absolute Gasteiger partial charge is 0.486 e. The van der Waals surface area contributed by atoms with Crippen molar-refractivity contribution in [2.45, 2.75) is 32.2 Å². The molecule has 0 saturated carbocycles. The van der Waals surface area contributed by atoms with Gasteiger partial charge in [0.15, 0.2) is 11.5 Å². The molecule has 1 fully saturated rings. The zero-order valence-electron chi connectivity index (χ0n) is 13.4. The molecule has 0 spiro atoms. The molecule has 1 amide bonds. The molecule has 6 heteroatoms. The number of piperidine rings is 1. The monoisotopic (exact) mass is 338 g/mol. The number of nitrogens with zero attached hydrogens (tertiary/aromatic N) is 1. The van der Waals surface area contributed by atoms with Crippen molar-refractivity contribution in [3.05, 3.63) is 22.7 Å². The fourth-order valence-corrected chi connectivity index (χ4v) is 3.63. The number of hydrogen-bond donors (Lipinski definition) is 1. The summed E-state index contributed by atoms with van der Waals surface area (Å²) in [5.41, 5.74) is 6.70. The molecule has 2 aliphatic rings. The normalized spacial score (nSPS) is 23.7. The molecule has 2 atom stereocenters. The highest BCUT2D eigenvalue weighted by Gasteiger charge is 2.29. The lowest BCUT2D eigenvalue weighted by Crippen LogP contribution is -2.49. The second-order valence-corrected chi connectivity index (χ2v) is 6.79. The molecule has 1 saturated heterocycles. The molecule has 23 heavy (non-hydrogen) atoms. The van der Waals surface area contributed by atoms with Gasteiger partial charge in [-0.05, 0) is 36.5 Å². The number of carbonyl (C=O) groups excluding carboxylic acids is 1. The Bertz CT molecular complexity index is 593. The Morgan fingerprint density at radius 2 is 2.17 bits per heavy atom. The van der Waals surface area contributed by atoms with Crippen molar-refractivity contribution < 1.29 is 14.3 Å². The van der Waals surface area contributed by atoms with Crippen molar-refractivity contribution in [3.8, 4) is 11.5 Å². The van der Waals surface area contributed by atoms with Crippen molar-refractivity contribution in [1.29, 1.82) is 0 Å². The maximum absolute atomic E-state index is 12.7. The lowest BCUT2D eigenvalue weighted by Gasteiger charge is -2.38. The number of halogens is 1. The molecule has 3 rings (SSSR count). The lowest BCUT2D eigenvalue weighted by molar-refractivity contribution is -0.134. The summed E-state index contributed by atoms with van der Waals surface area (Å²) in [6.07, 6.45) is 2.31. The van der Waals surface area contributed by atoms with Gasteiger partial charge in [-0.25, -0.2) is 0 Å². The van der Waals surface area contributed by atoms with Gasteiger partial charge < -0.3 is 20.1 Å². The van der Waals surface area contributed by atoms with Crippen LogP contribution in [0.25, 0.3) is 0 Å². The van der Waals surface area contributed by atoms with Gasteiger partial charge >= 0.3 is 0 Å². The molecule has 0 bridgehead atoms. The SMILES string of the molecule is CC1CCN(C(=O)Cc2cc(Cl)c3c(c2)OCCO3)C(CN)C1. The lowest BCUT2D eigenvalue weighted by atomic mass is 9.92. The Balaban J connectivity index is 1.73. The summed E-state index contributed by atoms with van der Waals surface area (Å²) in [4.78, 5) is 14.6. The van der Waals surface area contributed by atoms with E-state index in [2.05, 4.69) is 6.92 Å². The molecule has 1 aromatic rings. The van der Waals surface area contributed by atoms with Crippen LogP contribution in [-0.2, 0) is 11.2 Å². The molecule has 126 valence electrons. The van der Waals surface area contributed by atoms with E-state index >= 15 is 0 Å². The zero-order valence-corrected chi connectivity index (χ0v) is 14.1. The van der Waals surface area contributed by atoms with Crippen molar-refractivity contribution in [3.63, 3.8) is 0 Å². The molecular weight excluding hydrogens is 316 g/mol. The average molecular weight is 339 g/mol. The van der Waals surface area contributed by atoms with Crippen LogP contribution in [0.3, 0.4) is 0 Å². The van der Waals surface area contributed by atoms with Gasteiger partial charge in [-0.3, -0.25) is 4.79 Å². The number of amides is 1. The Kier molecular flexibility index (Phi) is 4.97. The quantitative estimate of drug-likeness (QED) is 0.918. The van der Waals surface area contributed by atoms with Gasteiger partial charge in [0, 0.05) is 19.1 Å². The third kappa shape index (κ3) is 3.56. The van der Waals surface area contributed by atoms with E-state index in [0.29, 0.717) is 48.6 Å². The number of nitrogens with two attached hydrogens (primary N) is 1. The van der Waals surface area contributed by atoms with Crippen LogP contribution in [0.5, 0.6) is 11.5 Å². The van der Waals surface area contributed by atoms with Gasteiger partial charge in [0.25, 0.3) is 0 Å². The van der Waals surface area contributed by atoms with Crippen molar-refractivity contribution >= 4 is 17.5 Å². The van der Waals surface area contributed by atoms with Gasteiger partial charge in [-0.1, -0.05) is 18.5 Å². The van der Waals surface area contributed by atoms with Crippen molar-refractivity contribution in [2.24, 2.45) is 11.7 Å². The molecule has 0 radical (unpaired) electrons. The summed E-state index contributed by atoms with van der Waals surface area (Å²) >= 11 is 6.24. The number of ether oxygens (including phenoxy) is 2. The van der Waals surface area contributed by atoms with Crippen molar-refractivity contribution in [2.75, 3.05) is 26.3 Å². The molecule has 2 heterocycles. The third-order valence-electron chi connectivity index (χ3n) is 4.58. The maximum atomic E-state index is 12.7. The minimum atomic E-state index is 0.0973. The highest BCUT2D eigenvalue weighted by Crippen LogP contribution is 2.38. The second kappa shape index (κ2) is 6.97. The number of benzene rings is 1. The molecule has 1 aromatic carbocycles. The van der Waals surface area contributed by atoms with Crippen molar-refractivity contribution in [1.82, 2.24) is 4.90 Å². The highest BCUT2D eigenvalue weighted by molar-refractivity contribution is 6.32. The Morgan fingerprint density at radius 1 is 1.39 bits per heavy atom. The van der Waals surface area contributed by atoms with Crippen LogP contribution in [-0.4, -0.2) is 43.2 Å². The van der Waals surface area contributed by atoms with E-state index in [1.165, 1.54) is 0 Å². The Hall–Kier alpha value is -1.46. The summed E-state index contributed by atoms with van der Waals surface area (Å²) in [5, 5.41) is 0.493. The number of hydrogen-bond acceptors (Lipinski definition) is 4. The van der Waals surface area contributed by atoms with Gasteiger partial charge in [-0.15, -0.1) is 0 Å². The fraction of sp³-hybridized carbons (Fsp3) is 0.588. The van der Waals surface area contributed by atoms with Gasteiger partial charge in [0.1, 0.15) is 13.2 Å². The third-order valence-corrected chi connectivity index (χ3v) is 4.86. The number of likely N-dealkylation sites (tertiary alicyclic amines) is 1. The standard InChI is InChI=1S/C17H23ClN2O3/c1-11-2-3-20(13(6-11)10-19)16(21)9-12-7-14(18)17-15(8-12)22-4-5-23-17/h7-8,11,13H,2-6,9-10,19H2,1H3. The van der Waals surface area contributed by atoms with E-state index in [-0.39, 0.29) is 11.9 Å². The first-order chi connectivity index (χ1) is 11.1. The fourth-order valence-electron chi connectivity index (χ4n) is 3.35. The van der Waals surface area contributed by atoms with Crippen LogP contribution in [0.1, 0.15) is 25.3 Å². The summed E-state index contributed by atoms with van der Waals surface area (Å²) in [5.74, 6) is 1.91. The van der Waals surface area contributed by atoms with E-state index in [4.69, 9.17) is 26.8 Å². The van der Waals surface area contributed by atoms with Crippen LogP contribution in [0.4, 0.5) is 0 Å². The molecular formula is C17H23ClN2O3. The summed E-state index contributed by atoms with van der Waals surface area (Å²) < 4.78 is 11.1. The second-order valence-electron chi connectivity index (χ2n) is 6.38. The number of carbonyl (C=O) groups is 1. The van der Waals surface area contributed by atoms with Gasteiger partial charge in [0.05, 0.1) is 11.4 Å². The smallest absolute Gasteiger partial charge is 0.227 e. The van der Waals surface area contributed by atoms with Crippen LogP contribution in [0, 0.1) is 5.92 Å². The minimum absolute atomic E-state index is 0.0973. The first kappa shape index (κ1) is 16.4. The first-order valence-corrected chi connectivity index (χ1v) is 8.54. The molecule has 2 N–H and O–H groups in total. The van der Waals surface area contributed by atoms with E-state index in [0.717, 1.165) is 24.9 Å². The van der Waals surface area contributed by atoms with Crippen LogP contribution in [0.15, 0.2) is 12.1 Å². The molecule has 0 aliphatic carbocycles. The first-order valence-electron chi connectivity index (χ1n) is 8.16. The van der Waals surface area contributed by atoms with Gasteiger partial charge in [-0.2, -0.15) is 0 Å². The molecule has 2 aliphatic heterocycles. The van der Waals surface area contributed by atoms with E-state index in [9.17, 15) is 4.79 Å². The predicted molar refractivity (Wildman–Crippen MR) is 89.1 cm³/mol. The maximum Gasteiger partial charge on any atom is 0.227 e. The Labute approximate surface area is 141 Å². The van der Waals surface area contributed by atoms with E-state index in [1.807, 2.05) is 11.0 Å². The van der Waals surface area contributed by atoms with Crippen LogP contribution in [0.2, 0.25) is 5.02 Å². The minimum Gasteiger partial charge on any atom is -0.486 e. The number of rotatable bonds is 3. The Morgan fingerprint density at radius 3 is 2.96 bits per heavy atom. The zero-order chi connectivity index (χ0) is 16.4.